The number of carboxylic acid groups (broad SMARTS) is 3. The first-order valence-corrected chi connectivity index (χ1v) is 9.04. The first kappa shape index (κ1) is 28.9. The van der Waals surface area contributed by atoms with E-state index in [1.54, 1.807) is 0 Å². The Hall–Kier alpha value is -3.27. The van der Waals surface area contributed by atoms with Crippen LogP contribution in [-0.2, 0) is 20.8 Å². The monoisotopic (exact) mass is 421 g/mol. The number of hydrogen-bond acceptors (Lipinski definition) is 6. The van der Waals surface area contributed by atoms with Crippen molar-refractivity contribution in [2.45, 2.75) is 31.8 Å². The van der Waals surface area contributed by atoms with Crippen LogP contribution in [-0.4, -0.2) is 51.9 Å². The van der Waals surface area contributed by atoms with E-state index in [-0.39, 0.29) is 13.0 Å². The molecule has 9 N–H and O–H groups in total. The smallest absolute Gasteiger partial charge is 0.320 e. The van der Waals surface area contributed by atoms with E-state index in [1.165, 1.54) is 6.92 Å². The molecule has 0 aliphatic rings. The van der Waals surface area contributed by atoms with Gasteiger partial charge in [0.15, 0.2) is 0 Å². The highest BCUT2D eigenvalue weighted by atomic mass is 16.4. The molecule has 0 amide bonds. The average molecular weight is 421 g/mol. The Labute approximate surface area is 176 Å². The zero-order valence-electron chi connectivity index (χ0n) is 16.9. The van der Waals surface area contributed by atoms with Crippen molar-refractivity contribution >= 4 is 17.9 Å². The quantitative estimate of drug-likeness (QED) is 0.397. The first-order chi connectivity index (χ1) is 14.1. The van der Waals surface area contributed by atoms with Gasteiger partial charge in [0, 0.05) is 6.54 Å². The van der Waals surface area contributed by atoms with Crippen LogP contribution >= 0.6 is 0 Å². The van der Waals surface area contributed by atoms with Gasteiger partial charge in [0.25, 0.3) is 0 Å². The zero-order chi connectivity index (χ0) is 23.4. The molecule has 2 aromatic carbocycles. The third-order valence-electron chi connectivity index (χ3n) is 3.03. The van der Waals surface area contributed by atoms with E-state index in [2.05, 4.69) is 0 Å². The average Bonchev–Trinajstić information content (AvgIpc) is 2.71. The second-order valence-electron chi connectivity index (χ2n) is 5.85. The van der Waals surface area contributed by atoms with Gasteiger partial charge in [0.2, 0.25) is 0 Å². The summed E-state index contributed by atoms with van der Waals surface area (Å²) in [5.74, 6) is -2.76. The van der Waals surface area contributed by atoms with Crippen molar-refractivity contribution in [3.8, 4) is 0 Å². The van der Waals surface area contributed by atoms with Crippen LogP contribution in [0.2, 0.25) is 0 Å². The van der Waals surface area contributed by atoms with E-state index in [1.807, 2.05) is 66.7 Å². The van der Waals surface area contributed by atoms with E-state index in [4.69, 9.17) is 32.5 Å². The Balaban J connectivity index is 0. The SMILES string of the molecule is CC(N)C(=O)O.NC(Cc1ccccc1)C(=O)O.NCCC(=O)O.c1ccccc1. The maximum absolute atomic E-state index is 10.4. The van der Waals surface area contributed by atoms with Crippen molar-refractivity contribution in [2.75, 3.05) is 6.54 Å². The van der Waals surface area contributed by atoms with Crippen LogP contribution < -0.4 is 17.2 Å². The van der Waals surface area contributed by atoms with Gasteiger partial charge in [-0.1, -0.05) is 66.7 Å². The molecule has 0 bridgehead atoms. The van der Waals surface area contributed by atoms with Crippen LogP contribution in [0.5, 0.6) is 0 Å². The molecule has 0 spiro atoms. The molecule has 30 heavy (non-hydrogen) atoms. The third kappa shape index (κ3) is 21.0. The van der Waals surface area contributed by atoms with Gasteiger partial charge in [-0.3, -0.25) is 14.4 Å². The summed E-state index contributed by atoms with van der Waals surface area (Å²) in [4.78, 5) is 29.5. The molecule has 2 atom stereocenters. The van der Waals surface area contributed by atoms with Crippen molar-refractivity contribution in [1.82, 2.24) is 0 Å². The fraction of sp³-hybridized carbons (Fsp3) is 0.286. The van der Waals surface area contributed by atoms with Crippen LogP contribution in [0.25, 0.3) is 0 Å². The second-order valence-corrected chi connectivity index (χ2v) is 5.85. The summed E-state index contributed by atoms with van der Waals surface area (Å²) < 4.78 is 0. The second kappa shape index (κ2) is 19.1. The summed E-state index contributed by atoms with van der Waals surface area (Å²) in [7, 11) is 0. The van der Waals surface area contributed by atoms with Crippen LogP contribution in [0.15, 0.2) is 66.7 Å². The highest BCUT2D eigenvalue weighted by molar-refractivity contribution is 5.73. The molecule has 9 heteroatoms. The third-order valence-corrected chi connectivity index (χ3v) is 3.03. The fourth-order valence-corrected chi connectivity index (χ4v) is 1.46. The number of benzene rings is 2. The Morgan fingerprint density at radius 3 is 1.40 bits per heavy atom. The minimum atomic E-state index is -0.963. The predicted octanol–water partition coefficient (Wildman–Crippen LogP) is 1.17. The van der Waals surface area contributed by atoms with Crippen molar-refractivity contribution < 1.29 is 29.7 Å². The zero-order valence-corrected chi connectivity index (χ0v) is 16.9. The van der Waals surface area contributed by atoms with E-state index < -0.39 is 30.0 Å². The van der Waals surface area contributed by atoms with Gasteiger partial charge in [-0.05, 0) is 18.9 Å². The van der Waals surface area contributed by atoms with Gasteiger partial charge in [-0.2, -0.15) is 0 Å². The molecule has 0 radical (unpaired) electrons. The van der Waals surface area contributed by atoms with Crippen LogP contribution in [0, 0.1) is 0 Å². The lowest BCUT2D eigenvalue weighted by molar-refractivity contribution is -0.139. The van der Waals surface area contributed by atoms with Gasteiger partial charge in [0.05, 0.1) is 6.42 Å². The molecule has 2 rings (SSSR count). The fourth-order valence-electron chi connectivity index (χ4n) is 1.46. The largest absolute Gasteiger partial charge is 0.481 e. The molecule has 0 saturated heterocycles. The van der Waals surface area contributed by atoms with E-state index in [0.29, 0.717) is 6.42 Å². The van der Waals surface area contributed by atoms with Gasteiger partial charge < -0.3 is 32.5 Å². The first-order valence-electron chi connectivity index (χ1n) is 9.04. The lowest BCUT2D eigenvalue weighted by Gasteiger charge is -2.04. The molecule has 2 aromatic rings. The number of carbonyl (C=O) groups is 3. The minimum absolute atomic E-state index is 0.0694. The van der Waals surface area contributed by atoms with Gasteiger partial charge in [0.1, 0.15) is 12.1 Å². The summed E-state index contributed by atoms with van der Waals surface area (Å²) >= 11 is 0. The van der Waals surface area contributed by atoms with Crippen molar-refractivity contribution in [3.63, 3.8) is 0 Å². The molecular formula is C21H31N3O6. The molecular weight excluding hydrogens is 390 g/mol. The Kier molecular flexibility index (Phi) is 18.4. The topological polar surface area (TPSA) is 190 Å². The molecule has 0 saturated carbocycles. The molecule has 0 aromatic heterocycles. The van der Waals surface area contributed by atoms with Crippen LogP contribution in [0.3, 0.4) is 0 Å². The Morgan fingerprint density at radius 1 is 0.800 bits per heavy atom. The Morgan fingerprint density at radius 2 is 1.17 bits per heavy atom. The lowest BCUT2D eigenvalue weighted by Crippen LogP contribution is -2.32. The molecule has 0 fully saturated rings. The Bertz CT molecular complexity index is 670. The molecule has 166 valence electrons. The van der Waals surface area contributed by atoms with Gasteiger partial charge in [-0.15, -0.1) is 0 Å². The van der Waals surface area contributed by atoms with E-state index in [9.17, 15) is 14.4 Å². The van der Waals surface area contributed by atoms with Crippen molar-refractivity contribution in [1.29, 1.82) is 0 Å². The number of hydrogen-bond donors (Lipinski definition) is 6. The molecule has 0 aliphatic carbocycles. The molecule has 0 aliphatic heterocycles. The van der Waals surface area contributed by atoms with E-state index >= 15 is 0 Å². The van der Waals surface area contributed by atoms with Crippen molar-refractivity contribution in [3.05, 3.63) is 72.3 Å². The summed E-state index contributed by atoms with van der Waals surface area (Å²) in [5, 5.41) is 24.2. The van der Waals surface area contributed by atoms with Crippen molar-refractivity contribution in [2.24, 2.45) is 17.2 Å². The summed E-state index contributed by atoms with van der Waals surface area (Å²) in [5.41, 5.74) is 16.0. The number of rotatable bonds is 6. The van der Waals surface area contributed by atoms with Crippen LogP contribution in [0.1, 0.15) is 18.9 Å². The molecule has 2 unspecified atom stereocenters. The summed E-state index contributed by atoms with van der Waals surface area (Å²) in [6, 6.07) is 19.8. The minimum Gasteiger partial charge on any atom is -0.481 e. The normalized spacial score (nSPS) is 10.9. The summed E-state index contributed by atoms with van der Waals surface area (Å²) in [6.45, 7) is 1.65. The highest BCUT2D eigenvalue weighted by Crippen LogP contribution is 2.01. The molecule has 9 nitrogen and oxygen atoms in total. The standard InChI is InChI=1S/C9H11NO2.C6H6.2C3H7NO2/c10-8(9(11)12)6-7-4-2-1-3-5-7;1-2-4-6-5-3-1;1-2(4)3(5)6;4-2-1-3(5)6/h1-5,8H,6,10H2,(H,11,12);1-6H;2H,4H2,1H3,(H,5,6);1-2,4H2,(H,5,6). The predicted molar refractivity (Wildman–Crippen MR) is 115 cm³/mol. The van der Waals surface area contributed by atoms with E-state index in [0.717, 1.165) is 5.56 Å². The number of carboxylic acids is 3. The maximum atomic E-state index is 10.4. The summed E-state index contributed by atoms with van der Waals surface area (Å²) in [6.07, 6.45) is 0.455. The number of nitrogens with two attached hydrogens (primary N) is 3. The number of aliphatic carboxylic acids is 3. The highest BCUT2D eigenvalue weighted by Gasteiger charge is 2.10. The molecule has 0 heterocycles. The van der Waals surface area contributed by atoms with Gasteiger partial charge >= 0.3 is 17.9 Å². The van der Waals surface area contributed by atoms with Crippen LogP contribution in [0.4, 0.5) is 0 Å². The lowest BCUT2D eigenvalue weighted by atomic mass is 10.1. The maximum Gasteiger partial charge on any atom is 0.320 e. The van der Waals surface area contributed by atoms with Gasteiger partial charge in [-0.25, -0.2) is 0 Å².